The summed E-state index contributed by atoms with van der Waals surface area (Å²) < 4.78 is 1.93. The summed E-state index contributed by atoms with van der Waals surface area (Å²) >= 11 is 6.06. The first kappa shape index (κ1) is 15.0. The molecule has 1 aromatic carbocycles. The molecule has 0 spiro atoms. The van der Waals surface area contributed by atoms with Gasteiger partial charge in [-0.3, -0.25) is 4.79 Å². The number of hydrogen-bond acceptors (Lipinski definition) is 2. The predicted molar refractivity (Wildman–Crippen MR) is 90.6 cm³/mol. The highest BCUT2D eigenvalue weighted by Crippen LogP contribution is 2.31. The Hall–Kier alpha value is -1.94. The third kappa shape index (κ3) is 2.71. The molecule has 116 valence electrons. The van der Waals surface area contributed by atoms with Crippen LogP contribution in [0.4, 0.5) is 0 Å². The molecule has 1 aliphatic rings. The third-order valence-electron chi connectivity index (χ3n) is 4.27. The lowest BCUT2D eigenvalue weighted by Crippen LogP contribution is -2.19. The molecule has 0 atom stereocenters. The van der Waals surface area contributed by atoms with Crippen LogP contribution in [0, 0.1) is 0 Å². The van der Waals surface area contributed by atoms with Gasteiger partial charge in [-0.2, -0.15) is 0 Å². The monoisotopic (exact) mass is 317 g/mol. The third-order valence-corrected chi connectivity index (χ3v) is 4.50. The van der Waals surface area contributed by atoms with Crippen LogP contribution in [0.1, 0.15) is 49.0 Å². The zero-order chi connectivity index (χ0) is 15.7. The van der Waals surface area contributed by atoms with Gasteiger partial charge in [0, 0.05) is 21.8 Å². The molecular weight excluding hydrogens is 298 g/mol. The number of amides is 1. The molecule has 1 aliphatic carbocycles. The molecule has 0 aliphatic heterocycles. The Morgan fingerprint density at radius 2 is 1.82 bits per heavy atom. The number of nitrogens with zero attached hydrogens (tertiary/aromatic N) is 1. The molecule has 5 heteroatoms. The molecule has 1 amide bonds. The normalized spacial score (nSPS) is 19.9. The number of fused-ring (bicyclic) bond motifs is 1. The Morgan fingerprint density at radius 1 is 1.09 bits per heavy atom. The first-order chi connectivity index (χ1) is 10.6. The highest BCUT2D eigenvalue weighted by atomic mass is 35.5. The zero-order valence-corrected chi connectivity index (χ0v) is 13.2. The molecule has 0 saturated heterocycles. The van der Waals surface area contributed by atoms with Gasteiger partial charge in [-0.1, -0.05) is 24.4 Å². The Balaban J connectivity index is 2.25. The Bertz CT molecular complexity index is 761. The molecule has 2 aromatic rings. The molecular formula is C17H20ClN3O. The minimum absolute atomic E-state index is 0.449. The van der Waals surface area contributed by atoms with Crippen molar-refractivity contribution in [1.82, 2.24) is 4.57 Å². The first-order valence-electron chi connectivity index (χ1n) is 7.66. The van der Waals surface area contributed by atoms with Crippen molar-refractivity contribution in [2.24, 2.45) is 11.5 Å². The molecule has 4 nitrogen and oxygen atoms in total. The molecule has 0 unspecified atom stereocenters. The van der Waals surface area contributed by atoms with Crippen molar-refractivity contribution >= 4 is 34.1 Å². The minimum Gasteiger partial charge on any atom is -0.401 e. The van der Waals surface area contributed by atoms with Crippen LogP contribution in [-0.2, 0) is 0 Å². The first-order valence-corrected chi connectivity index (χ1v) is 8.04. The maximum Gasteiger partial charge on any atom is 0.265 e. The lowest BCUT2D eigenvalue weighted by Gasteiger charge is -2.19. The van der Waals surface area contributed by atoms with Crippen molar-refractivity contribution in [2.75, 3.05) is 0 Å². The van der Waals surface area contributed by atoms with Gasteiger partial charge in [0.2, 0.25) is 0 Å². The molecule has 3 rings (SSSR count). The van der Waals surface area contributed by atoms with E-state index in [0.29, 0.717) is 10.7 Å². The molecule has 1 aromatic heterocycles. The second kappa shape index (κ2) is 6.05. The number of aromatic nitrogens is 1. The van der Waals surface area contributed by atoms with Gasteiger partial charge in [0.15, 0.2) is 0 Å². The zero-order valence-electron chi connectivity index (χ0n) is 12.4. The van der Waals surface area contributed by atoms with E-state index in [1.165, 1.54) is 12.8 Å². The summed E-state index contributed by atoms with van der Waals surface area (Å²) in [5, 5.41) is 1.55. The van der Waals surface area contributed by atoms with E-state index in [1.807, 2.05) is 22.8 Å². The SMILES string of the molecule is NC(=O)c1cc2cc(Cl)ccc2n1/C1=C(\N)CCCCCC1. The van der Waals surface area contributed by atoms with E-state index in [4.69, 9.17) is 23.1 Å². The molecule has 0 fully saturated rings. The van der Waals surface area contributed by atoms with E-state index in [1.54, 1.807) is 6.07 Å². The fourth-order valence-electron chi connectivity index (χ4n) is 3.18. The van der Waals surface area contributed by atoms with Crippen LogP contribution in [0.3, 0.4) is 0 Å². The van der Waals surface area contributed by atoms with E-state index in [0.717, 1.165) is 48.0 Å². The summed E-state index contributed by atoms with van der Waals surface area (Å²) in [6, 6.07) is 7.39. The summed E-state index contributed by atoms with van der Waals surface area (Å²) in [7, 11) is 0. The lowest BCUT2D eigenvalue weighted by atomic mass is 10.0. The van der Waals surface area contributed by atoms with Gasteiger partial charge in [-0.25, -0.2) is 0 Å². The van der Waals surface area contributed by atoms with Crippen molar-refractivity contribution in [3.8, 4) is 0 Å². The largest absolute Gasteiger partial charge is 0.401 e. The molecule has 22 heavy (non-hydrogen) atoms. The van der Waals surface area contributed by atoms with Crippen LogP contribution in [0.25, 0.3) is 16.6 Å². The van der Waals surface area contributed by atoms with E-state index >= 15 is 0 Å². The van der Waals surface area contributed by atoms with Gasteiger partial charge in [-0.15, -0.1) is 0 Å². The summed E-state index contributed by atoms with van der Waals surface area (Å²) in [6.07, 6.45) is 6.28. The summed E-state index contributed by atoms with van der Waals surface area (Å²) in [6.45, 7) is 0. The smallest absolute Gasteiger partial charge is 0.265 e. The quantitative estimate of drug-likeness (QED) is 0.882. The van der Waals surface area contributed by atoms with Crippen molar-refractivity contribution in [1.29, 1.82) is 0 Å². The summed E-state index contributed by atoms with van der Waals surface area (Å²) in [4.78, 5) is 11.9. The highest BCUT2D eigenvalue weighted by molar-refractivity contribution is 6.31. The number of primary amides is 1. The number of allylic oxidation sites excluding steroid dienone is 2. The van der Waals surface area contributed by atoms with Crippen LogP contribution in [0.15, 0.2) is 30.0 Å². The number of nitrogens with two attached hydrogens (primary N) is 2. The maximum absolute atomic E-state index is 11.9. The second-order valence-corrected chi connectivity index (χ2v) is 6.25. The van der Waals surface area contributed by atoms with Crippen molar-refractivity contribution in [3.05, 3.63) is 40.7 Å². The van der Waals surface area contributed by atoms with E-state index in [9.17, 15) is 4.79 Å². The summed E-state index contributed by atoms with van der Waals surface area (Å²) in [5.41, 5.74) is 15.1. The number of benzene rings is 1. The van der Waals surface area contributed by atoms with Crippen LogP contribution in [-0.4, -0.2) is 10.5 Å². The van der Waals surface area contributed by atoms with Crippen molar-refractivity contribution in [2.45, 2.75) is 38.5 Å². The number of carbonyl (C=O) groups excluding carboxylic acids is 1. The number of carbonyl (C=O) groups is 1. The number of hydrogen-bond donors (Lipinski definition) is 2. The second-order valence-electron chi connectivity index (χ2n) is 5.82. The topological polar surface area (TPSA) is 74.0 Å². The predicted octanol–water partition coefficient (Wildman–Crippen LogP) is 3.88. The van der Waals surface area contributed by atoms with Gasteiger partial charge in [0.1, 0.15) is 5.69 Å². The standard InChI is InChI=1S/C17H20ClN3O/c18-12-7-8-14-11(9-12)10-16(17(20)22)21(14)15-6-4-2-1-3-5-13(15)19/h7-10H,1-6,19H2,(H2,20,22)/b15-13-. The molecule has 1 heterocycles. The van der Waals surface area contributed by atoms with Gasteiger partial charge < -0.3 is 16.0 Å². The van der Waals surface area contributed by atoms with E-state index < -0.39 is 5.91 Å². The highest BCUT2D eigenvalue weighted by Gasteiger charge is 2.19. The Kier molecular flexibility index (Phi) is 4.12. The van der Waals surface area contributed by atoms with Crippen LogP contribution >= 0.6 is 11.6 Å². The fraction of sp³-hybridized carbons (Fsp3) is 0.353. The van der Waals surface area contributed by atoms with Gasteiger partial charge in [0.05, 0.1) is 5.52 Å². The Morgan fingerprint density at radius 3 is 2.55 bits per heavy atom. The van der Waals surface area contributed by atoms with E-state index in [2.05, 4.69) is 0 Å². The lowest BCUT2D eigenvalue weighted by molar-refractivity contribution is 0.0994. The molecule has 0 saturated carbocycles. The fourth-order valence-corrected chi connectivity index (χ4v) is 3.36. The average Bonchev–Trinajstić information content (AvgIpc) is 2.82. The van der Waals surface area contributed by atoms with Crippen LogP contribution < -0.4 is 11.5 Å². The van der Waals surface area contributed by atoms with Gasteiger partial charge >= 0.3 is 0 Å². The summed E-state index contributed by atoms with van der Waals surface area (Å²) in [5.74, 6) is -0.449. The van der Waals surface area contributed by atoms with Crippen LogP contribution in [0.2, 0.25) is 5.02 Å². The van der Waals surface area contributed by atoms with Gasteiger partial charge in [0.25, 0.3) is 5.91 Å². The number of rotatable bonds is 2. The van der Waals surface area contributed by atoms with E-state index in [-0.39, 0.29) is 0 Å². The van der Waals surface area contributed by atoms with Crippen molar-refractivity contribution in [3.63, 3.8) is 0 Å². The van der Waals surface area contributed by atoms with Crippen molar-refractivity contribution < 1.29 is 4.79 Å². The molecule has 4 N–H and O–H groups in total. The molecule has 0 bridgehead atoms. The minimum atomic E-state index is -0.449. The maximum atomic E-state index is 11.9. The van der Waals surface area contributed by atoms with Gasteiger partial charge in [-0.05, 0) is 49.9 Å². The Labute approximate surface area is 134 Å². The molecule has 0 radical (unpaired) electrons. The average molecular weight is 318 g/mol. The van der Waals surface area contributed by atoms with Crippen LogP contribution in [0.5, 0.6) is 0 Å². The number of halogens is 1.